The van der Waals surface area contributed by atoms with Crippen LogP contribution in [0.2, 0.25) is 5.02 Å². The number of sulfonamides is 1. The zero-order valence-corrected chi connectivity index (χ0v) is 15.5. The standard InChI is InChI=1S/C15H13ClN2O2S3/c1-9-7-10(16)3-6-14(9)23(19,20)18-11-4-5-12-13(8-11)22-15(17-12)21-2/h3-8,18H,1-2H3. The number of fused-ring (bicyclic) bond motifs is 1. The van der Waals surface area contributed by atoms with Crippen LogP contribution in [0.15, 0.2) is 45.6 Å². The lowest BCUT2D eigenvalue weighted by atomic mass is 10.2. The van der Waals surface area contributed by atoms with Crippen LogP contribution in [0.1, 0.15) is 5.56 Å². The molecular formula is C15H13ClN2O2S3. The number of anilines is 1. The Hall–Kier alpha value is -1.28. The smallest absolute Gasteiger partial charge is 0.262 e. The van der Waals surface area contributed by atoms with Gasteiger partial charge in [-0.25, -0.2) is 13.4 Å². The fraction of sp³-hybridized carbons (Fsp3) is 0.133. The van der Waals surface area contributed by atoms with Crippen LogP contribution >= 0.6 is 34.7 Å². The van der Waals surface area contributed by atoms with Crippen LogP contribution < -0.4 is 4.72 Å². The monoisotopic (exact) mass is 384 g/mol. The summed E-state index contributed by atoms with van der Waals surface area (Å²) >= 11 is 8.99. The number of thiazole rings is 1. The summed E-state index contributed by atoms with van der Waals surface area (Å²) in [7, 11) is -3.66. The molecule has 3 rings (SSSR count). The van der Waals surface area contributed by atoms with Gasteiger partial charge in [-0.1, -0.05) is 23.4 Å². The molecule has 4 nitrogen and oxygen atoms in total. The summed E-state index contributed by atoms with van der Waals surface area (Å²) in [5.74, 6) is 0. The minimum atomic E-state index is -3.66. The number of nitrogens with one attached hydrogen (secondary N) is 1. The predicted molar refractivity (Wildman–Crippen MR) is 98.4 cm³/mol. The van der Waals surface area contributed by atoms with Crippen molar-refractivity contribution in [3.63, 3.8) is 0 Å². The molecule has 0 amide bonds. The van der Waals surface area contributed by atoms with Gasteiger partial charge >= 0.3 is 0 Å². The Balaban J connectivity index is 1.96. The molecule has 0 saturated heterocycles. The van der Waals surface area contributed by atoms with Gasteiger partial charge in [-0.15, -0.1) is 11.3 Å². The summed E-state index contributed by atoms with van der Waals surface area (Å²) in [6.45, 7) is 1.72. The van der Waals surface area contributed by atoms with E-state index in [1.807, 2.05) is 12.3 Å². The van der Waals surface area contributed by atoms with Crippen LogP contribution in [-0.4, -0.2) is 19.7 Å². The highest BCUT2D eigenvalue weighted by molar-refractivity contribution is 8.00. The molecule has 0 atom stereocenters. The van der Waals surface area contributed by atoms with Crippen LogP contribution in [0.3, 0.4) is 0 Å². The summed E-state index contributed by atoms with van der Waals surface area (Å²) in [5, 5.41) is 0.511. The molecule has 2 aromatic carbocycles. The first kappa shape index (κ1) is 16.6. The number of hydrogen-bond acceptors (Lipinski definition) is 5. The highest BCUT2D eigenvalue weighted by Crippen LogP contribution is 2.31. The Kier molecular flexibility index (Phi) is 4.55. The van der Waals surface area contributed by atoms with Crippen molar-refractivity contribution in [2.75, 3.05) is 11.0 Å². The Morgan fingerprint density at radius 3 is 2.70 bits per heavy atom. The molecule has 1 N–H and O–H groups in total. The van der Waals surface area contributed by atoms with Gasteiger partial charge in [-0.05, 0) is 55.1 Å². The third-order valence-electron chi connectivity index (χ3n) is 3.22. The van der Waals surface area contributed by atoms with E-state index in [-0.39, 0.29) is 4.90 Å². The molecule has 1 heterocycles. The average Bonchev–Trinajstić information content (AvgIpc) is 2.88. The molecular weight excluding hydrogens is 372 g/mol. The van der Waals surface area contributed by atoms with E-state index in [1.165, 1.54) is 17.4 Å². The lowest BCUT2D eigenvalue weighted by Crippen LogP contribution is -2.14. The van der Waals surface area contributed by atoms with Gasteiger partial charge in [-0.2, -0.15) is 0 Å². The highest BCUT2D eigenvalue weighted by Gasteiger charge is 2.17. The first-order chi connectivity index (χ1) is 10.9. The van der Waals surface area contributed by atoms with Crippen molar-refractivity contribution in [3.8, 4) is 0 Å². The molecule has 0 saturated carbocycles. The minimum absolute atomic E-state index is 0.219. The Morgan fingerprint density at radius 2 is 2.00 bits per heavy atom. The van der Waals surface area contributed by atoms with Crippen molar-refractivity contribution in [2.24, 2.45) is 0 Å². The van der Waals surface area contributed by atoms with Crippen LogP contribution in [0, 0.1) is 6.92 Å². The van der Waals surface area contributed by atoms with Crippen molar-refractivity contribution < 1.29 is 8.42 Å². The van der Waals surface area contributed by atoms with E-state index >= 15 is 0 Å². The Bertz CT molecular complexity index is 984. The second kappa shape index (κ2) is 6.32. The van der Waals surface area contributed by atoms with Crippen LogP contribution in [0.5, 0.6) is 0 Å². The first-order valence-electron chi connectivity index (χ1n) is 6.62. The summed E-state index contributed by atoms with van der Waals surface area (Å²) in [5.41, 5.74) is 1.99. The number of hydrogen-bond donors (Lipinski definition) is 1. The number of halogens is 1. The fourth-order valence-electron chi connectivity index (χ4n) is 2.18. The molecule has 0 aliphatic rings. The van der Waals surface area contributed by atoms with Gasteiger partial charge < -0.3 is 0 Å². The molecule has 23 heavy (non-hydrogen) atoms. The van der Waals surface area contributed by atoms with Gasteiger partial charge in [0.1, 0.15) is 0 Å². The topological polar surface area (TPSA) is 59.1 Å². The van der Waals surface area contributed by atoms with E-state index in [4.69, 9.17) is 11.6 Å². The van der Waals surface area contributed by atoms with E-state index in [2.05, 4.69) is 9.71 Å². The molecule has 0 unspecified atom stereocenters. The lowest BCUT2D eigenvalue weighted by molar-refractivity contribution is 0.600. The molecule has 0 aliphatic carbocycles. The molecule has 0 spiro atoms. The molecule has 0 bridgehead atoms. The van der Waals surface area contributed by atoms with Gasteiger partial charge in [-0.3, -0.25) is 4.72 Å². The second-order valence-corrected chi connectivity index (χ2v) is 9.05. The summed E-state index contributed by atoms with van der Waals surface area (Å²) in [4.78, 5) is 4.66. The molecule has 1 aromatic heterocycles. The number of aromatic nitrogens is 1. The first-order valence-corrected chi connectivity index (χ1v) is 10.5. The van der Waals surface area contributed by atoms with Gasteiger partial charge in [0.2, 0.25) is 0 Å². The van der Waals surface area contributed by atoms with Gasteiger partial charge in [0.15, 0.2) is 4.34 Å². The molecule has 0 aliphatic heterocycles. The predicted octanol–water partition coefficient (Wildman–Crippen LogP) is 4.78. The van der Waals surface area contributed by atoms with E-state index in [9.17, 15) is 8.42 Å². The van der Waals surface area contributed by atoms with Crippen molar-refractivity contribution in [2.45, 2.75) is 16.2 Å². The maximum absolute atomic E-state index is 12.6. The lowest BCUT2D eigenvalue weighted by Gasteiger charge is -2.10. The maximum Gasteiger partial charge on any atom is 0.262 e. The number of thioether (sulfide) groups is 1. The zero-order chi connectivity index (χ0) is 16.6. The molecule has 0 fully saturated rings. The molecule has 120 valence electrons. The second-order valence-electron chi connectivity index (χ2n) is 4.88. The number of nitrogens with zero attached hydrogens (tertiary/aromatic N) is 1. The van der Waals surface area contributed by atoms with E-state index in [0.717, 1.165) is 14.6 Å². The number of aryl methyl sites for hydroxylation is 1. The average molecular weight is 385 g/mol. The summed E-state index contributed by atoms with van der Waals surface area (Å²) < 4.78 is 29.6. The molecule has 8 heteroatoms. The van der Waals surface area contributed by atoms with Crippen LogP contribution in [0.4, 0.5) is 5.69 Å². The van der Waals surface area contributed by atoms with Crippen molar-refractivity contribution >= 4 is 60.6 Å². The largest absolute Gasteiger partial charge is 0.280 e. The summed E-state index contributed by atoms with van der Waals surface area (Å²) in [6, 6.07) is 10.0. The summed E-state index contributed by atoms with van der Waals surface area (Å²) in [6.07, 6.45) is 1.96. The molecule has 0 radical (unpaired) electrons. The third-order valence-corrected chi connectivity index (χ3v) is 7.00. The maximum atomic E-state index is 12.6. The van der Waals surface area contributed by atoms with Crippen LogP contribution in [-0.2, 0) is 10.0 Å². The number of benzene rings is 2. The fourth-order valence-corrected chi connectivity index (χ4v) is 5.21. The van der Waals surface area contributed by atoms with E-state index in [1.54, 1.807) is 43.0 Å². The van der Waals surface area contributed by atoms with E-state index in [0.29, 0.717) is 16.3 Å². The highest BCUT2D eigenvalue weighted by atomic mass is 35.5. The van der Waals surface area contributed by atoms with Crippen molar-refractivity contribution in [1.82, 2.24) is 4.98 Å². The minimum Gasteiger partial charge on any atom is -0.280 e. The van der Waals surface area contributed by atoms with Crippen LogP contribution in [0.25, 0.3) is 10.2 Å². The molecule has 3 aromatic rings. The van der Waals surface area contributed by atoms with Crippen molar-refractivity contribution in [3.05, 3.63) is 47.0 Å². The zero-order valence-electron chi connectivity index (χ0n) is 12.3. The Labute approximate surface area is 147 Å². The third kappa shape index (κ3) is 3.47. The van der Waals surface area contributed by atoms with Gasteiger partial charge in [0.05, 0.1) is 20.8 Å². The number of rotatable bonds is 4. The quantitative estimate of drug-likeness (QED) is 0.657. The van der Waals surface area contributed by atoms with E-state index < -0.39 is 10.0 Å². The van der Waals surface area contributed by atoms with Gasteiger partial charge in [0.25, 0.3) is 10.0 Å². The Morgan fingerprint density at radius 1 is 1.22 bits per heavy atom. The van der Waals surface area contributed by atoms with Crippen molar-refractivity contribution in [1.29, 1.82) is 0 Å². The van der Waals surface area contributed by atoms with Gasteiger partial charge in [0, 0.05) is 5.02 Å². The normalized spacial score (nSPS) is 11.8. The SMILES string of the molecule is CSc1nc2ccc(NS(=O)(=O)c3ccc(Cl)cc3C)cc2s1.